The zero-order valence-corrected chi connectivity index (χ0v) is 15.2. The smallest absolute Gasteiger partial charge is 0.325 e. The van der Waals surface area contributed by atoms with Gasteiger partial charge in [0.2, 0.25) is 0 Å². The zero-order chi connectivity index (χ0) is 19.9. The number of amides is 2. The number of hydrogen-bond donors (Lipinski definition) is 3. The Morgan fingerprint density at radius 1 is 1.43 bits per heavy atom. The molecule has 0 radical (unpaired) electrons. The van der Waals surface area contributed by atoms with Gasteiger partial charge in [0.15, 0.2) is 5.82 Å². The van der Waals surface area contributed by atoms with Gasteiger partial charge < -0.3 is 20.1 Å². The Labute approximate surface area is 160 Å². The number of urea groups is 1. The molecule has 1 atom stereocenters. The molecule has 1 aromatic carbocycles. The molecular weight excluding hydrogens is 367 g/mol. The summed E-state index contributed by atoms with van der Waals surface area (Å²) in [6.07, 6.45) is 2.72. The molecule has 146 valence electrons. The van der Waals surface area contributed by atoms with Crippen LogP contribution >= 0.6 is 0 Å². The first-order valence-electron chi connectivity index (χ1n) is 8.60. The SMILES string of the molecule is Cc1cnc(NC(=O)Nc2cc(C#N)c(F)cc2OC[C@@H]2CNCCO2)cn1. The number of carbonyl (C=O) groups excluding carboxylic acids is 1. The molecule has 1 aliphatic rings. The average molecular weight is 386 g/mol. The van der Waals surface area contributed by atoms with E-state index in [9.17, 15) is 9.18 Å². The summed E-state index contributed by atoms with van der Waals surface area (Å²) in [6, 6.07) is 3.39. The molecule has 9 nitrogen and oxygen atoms in total. The summed E-state index contributed by atoms with van der Waals surface area (Å²) in [7, 11) is 0. The third-order valence-corrected chi connectivity index (χ3v) is 3.89. The summed E-state index contributed by atoms with van der Waals surface area (Å²) >= 11 is 0. The second kappa shape index (κ2) is 9.07. The van der Waals surface area contributed by atoms with Crippen LogP contribution in [-0.4, -0.2) is 48.4 Å². The number of nitrogens with one attached hydrogen (secondary N) is 3. The number of aryl methyl sites for hydroxylation is 1. The zero-order valence-electron chi connectivity index (χ0n) is 15.2. The lowest BCUT2D eigenvalue weighted by Gasteiger charge is -2.24. The normalized spacial score (nSPS) is 16.1. The minimum absolute atomic E-state index is 0.0933. The van der Waals surface area contributed by atoms with Crippen LogP contribution in [0.4, 0.5) is 20.7 Å². The number of nitrogens with zero attached hydrogens (tertiary/aromatic N) is 3. The summed E-state index contributed by atoms with van der Waals surface area (Å²) in [5.41, 5.74) is 0.644. The maximum atomic E-state index is 14.0. The van der Waals surface area contributed by atoms with Crippen LogP contribution in [0.2, 0.25) is 0 Å². The number of ether oxygens (including phenoxy) is 2. The highest BCUT2D eigenvalue weighted by atomic mass is 19.1. The Morgan fingerprint density at radius 3 is 2.96 bits per heavy atom. The summed E-state index contributed by atoms with van der Waals surface area (Å²) in [4.78, 5) is 20.3. The molecule has 2 heterocycles. The first kappa shape index (κ1) is 19.5. The van der Waals surface area contributed by atoms with Crippen molar-refractivity contribution in [2.24, 2.45) is 0 Å². The van der Waals surface area contributed by atoms with Gasteiger partial charge in [0.05, 0.1) is 35.9 Å². The summed E-state index contributed by atoms with van der Waals surface area (Å²) in [6.45, 7) is 3.86. The fourth-order valence-electron chi connectivity index (χ4n) is 2.49. The Kier molecular flexibility index (Phi) is 6.31. The van der Waals surface area contributed by atoms with E-state index in [0.29, 0.717) is 18.8 Å². The highest BCUT2D eigenvalue weighted by molar-refractivity contribution is 6.00. The molecule has 0 spiro atoms. The maximum absolute atomic E-state index is 14.0. The average Bonchev–Trinajstić information content (AvgIpc) is 2.70. The van der Waals surface area contributed by atoms with Crippen molar-refractivity contribution in [3.63, 3.8) is 0 Å². The Balaban J connectivity index is 1.72. The molecule has 0 unspecified atom stereocenters. The third-order valence-electron chi connectivity index (χ3n) is 3.89. The van der Waals surface area contributed by atoms with Gasteiger partial charge >= 0.3 is 6.03 Å². The van der Waals surface area contributed by atoms with Crippen molar-refractivity contribution in [2.75, 3.05) is 36.9 Å². The largest absolute Gasteiger partial charge is 0.489 e. The Bertz CT molecular complexity index is 878. The molecule has 0 aliphatic carbocycles. The van der Waals surface area contributed by atoms with E-state index in [2.05, 4.69) is 25.9 Å². The van der Waals surface area contributed by atoms with Gasteiger partial charge in [-0.3, -0.25) is 10.3 Å². The van der Waals surface area contributed by atoms with Gasteiger partial charge in [-0.1, -0.05) is 0 Å². The van der Waals surface area contributed by atoms with Gasteiger partial charge in [-0.25, -0.2) is 14.2 Å². The van der Waals surface area contributed by atoms with Crippen LogP contribution in [0.5, 0.6) is 5.75 Å². The monoisotopic (exact) mass is 386 g/mol. The molecule has 28 heavy (non-hydrogen) atoms. The summed E-state index contributed by atoms with van der Waals surface area (Å²) < 4.78 is 25.2. The predicted molar refractivity (Wildman–Crippen MR) is 98.6 cm³/mol. The van der Waals surface area contributed by atoms with Crippen molar-refractivity contribution in [1.29, 1.82) is 5.26 Å². The number of carbonyl (C=O) groups is 1. The van der Waals surface area contributed by atoms with E-state index in [1.165, 1.54) is 18.5 Å². The van der Waals surface area contributed by atoms with Crippen molar-refractivity contribution in [3.8, 4) is 11.8 Å². The van der Waals surface area contributed by atoms with Crippen molar-refractivity contribution >= 4 is 17.5 Å². The van der Waals surface area contributed by atoms with Gasteiger partial charge in [-0.2, -0.15) is 5.26 Å². The van der Waals surface area contributed by atoms with E-state index in [0.717, 1.165) is 12.6 Å². The Hall–Kier alpha value is -3.29. The number of hydrogen-bond acceptors (Lipinski definition) is 7. The van der Waals surface area contributed by atoms with Crippen molar-refractivity contribution in [2.45, 2.75) is 13.0 Å². The number of anilines is 2. The van der Waals surface area contributed by atoms with Crippen molar-refractivity contribution in [1.82, 2.24) is 15.3 Å². The van der Waals surface area contributed by atoms with Crippen molar-refractivity contribution in [3.05, 3.63) is 41.6 Å². The molecule has 2 aromatic rings. The molecule has 1 aliphatic heterocycles. The lowest BCUT2D eigenvalue weighted by molar-refractivity contribution is 0.000293. The maximum Gasteiger partial charge on any atom is 0.325 e. The molecule has 1 saturated heterocycles. The van der Waals surface area contributed by atoms with Gasteiger partial charge in [0, 0.05) is 19.2 Å². The first-order chi connectivity index (χ1) is 13.5. The van der Waals surface area contributed by atoms with Gasteiger partial charge in [0.1, 0.15) is 30.3 Å². The fraction of sp³-hybridized carbons (Fsp3) is 0.333. The standard InChI is InChI=1S/C18H19FN6O3/c1-11-7-23-17(9-22-11)25-18(26)24-15-4-12(6-20)14(19)5-16(15)28-10-13-8-21-2-3-27-13/h4-5,7,9,13,21H,2-3,8,10H2,1H3,(H2,23,24,25,26)/t13-/m0/s1. The van der Waals surface area contributed by atoms with E-state index >= 15 is 0 Å². The lowest BCUT2D eigenvalue weighted by atomic mass is 10.2. The van der Waals surface area contributed by atoms with E-state index in [-0.39, 0.29) is 35.5 Å². The summed E-state index contributed by atoms with van der Waals surface area (Å²) in [5.74, 6) is -0.402. The minimum atomic E-state index is -0.740. The van der Waals surface area contributed by atoms with Gasteiger partial charge in [-0.05, 0) is 13.0 Å². The molecule has 10 heteroatoms. The Morgan fingerprint density at radius 2 is 2.29 bits per heavy atom. The van der Waals surface area contributed by atoms with Gasteiger partial charge in [0.25, 0.3) is 0 Å². The van der Waals surface area contributed by atoms with Crippen LogP contribution in [0.1, 0.15) is 11.3 Å². The topological polar surface area (TPSA) is 121 Å². The molecule has 0 saturated carbocycles. The van der Waals surface area contributed by atoms with Crippen LogP contribution in [-0.2, 0) is 4.74 Å². The highest BCUT2D eigenvalue weighted by Gasteiger charge is 2.18. The van der Waals surface area contributed by atoms with Crippen LogP contribution in [0.3, 0.4) is 0 Å². The molecule has 3 N–H and O–H groups in total. The number of nitriles is 1. The quantitative estimate of drug-likeness (QED) is 0.716. The predicted octanol–water partition coefficient (Wildman–Crippen LogP) is 1.81. The second-order valence-electron chi connectivity index (χ2n) is 6.07. The number of halogens is 1. The molecule has 2 amide bonds. The highest BCUT2D eigenvalue weighted by Crippen LogP contribution is 2.28. The number of benzene rings is 1. The summed E-state index contributed by atoms with van der Waals surface area (Å²) in [5, 5.41) is 17.3. The molecule has 0 bridgehead atoms. The van der Waals surface area contributed by atoms with E-state index in [4.69, 9.17) is 14.7 Å². The molecular formula is C18H19FN6O3. The molecule has 3 rings (SSSR count). The molecule has 1 fully saturated rings. The van der Waals surface area contributed by atoms with Crippen LogP contribution in [0.25, 0.3) is 0 Å². The van der Waals surface area contributed by atoms with E-state index < -0.39 is 11.8 Å². The van der Waals surface area contributed by atoms with Crippen LogP contribution in [0.15, 0.2) is 24.5 Å². The number of aromatic nitrogens is 2. The van der Waals surface area contributed by atoms with E-state index in [1.54, 1.807) is 13.0 Å². The van der Waals surface area contributed by atoms with Crippen LogP contribution < -0.4 is 20.7 Å². The third kappa shape index (κ3) is 5.12. The minimum Gasteiger partial charge on any atom is -0.489 e. The lowest BCUT2D eigenvalue weighted by Crippen LogP contribution is -2.41. The molecule has 1 aromatic heterocycles. The number of morpholine rings is 1. The first-order valence-corrected chi connectivity index (χ1v) is 8.60. The van der Waals surface area contributed by atoms with Crippen LogP contribution in [0, 0.1) is 24.1 Å². The second-order valence-corrected chi connectivity index (χ2v) is 6.07. The van der Waals surface area contributed by atoms with Gasteiger partial charge in [-0.15, -0.1) is 0 Å². The van der Waals surface area contributed by atoms with Crippen molar-refractivity contribution < 1.29 is 18.7 Å². The number of rotatable bonds is 5. The fourth-order valence-corrected chi connectivity index (χ4v) is 2.49. The van der Waals surface area contributed by atoms with E-state index in [1.807, 2.05) is 0 Å².